The molecule has 11 heteroatoms. The molecule has 1 saturated heterocycles. The van der Waals surface area contributed by atoms with Crippen molar-refractivity contribution in [1.29, 1.82) is 0 Å². The Kier molecular flexibility index (Phi) is 7.64. The number of carbonyl (C=O) groups is 2. The van der Waals surface area contributed by atoms with Crippen molar-refractivity contribution in [3.8, 4) is 5.69 Å². The predicted molar refractivity (Wildman–Crippen MR) is 155 cm³/mol. The number of cyclic esters (lactones) is 1. The van der Waals surface area contributed by atoms with Crippen LogP contribution in [-0.4, -0.2) is 72.4 Å². The molecule has 3 heterocycles. The van der Waals surface area contributed by atoms with Crippen molar-refractivity contribution in [2.45, 2.75) is 0 Å². The van der Waals surface area contributed by atoms with E-state index in [-0.39, 0.29) is 17.7 Å². The molecule has 1 N–H and O–H groups in total. The number of piperazine rings is 1. The highest BCUT2D eigenvalue weighted by molar-refractivity contribution is 6.18. The van der Waals surface area contributed by atoms with Crippen molar-refractivity contribution < 1.29 is 33.0 Å². The average molecular weight is 588 g/mol. The lowest BCUT2D eigenvalue weighted by Crippen LogP contribution is -2.47. The standard InChI is InChI=1S/C32H27F2N3O6/c33-21-6-8-22(9-7-21)37-18-24(31(39)40)30(38)23-16-25(34)27(17-26(23)37)36-12-10-35(11-13-36)14-15-42-28-19-43-32(41)29(28)20-4-2-1-3-5-20/h1-9,16-18H,10-15,19H2,(H,39,40). The summed E-state index contributed by atoms with van der Waals surface area (Å²) in [7, 11) is 0. The van der Waals surface area contributed by atoms with Crippen molar-refractivity contribution in [2.24, 2.45) is 0 Å². The second kappa shape index (κ2) is 11.7. The van der Waals surface area contributed by atoms with Gasteiger partial charge in [-0.25, -0.2) is 18.4 Å². The SMILES string of the molecule is O=C1OCC(OCCN2CCN(c3cc4c(cc3F)c(=O)c(C(=O)O)cn4-c3ccc(F)cc3)CC2)=C1c1ccccc1. The van der Waals surface area contributed by atoms with Crippen LogP contribution in [-0.2, 0) is 14.3 Å². The number of fused-ring (bicyclic) bond motifs is 1. The smallest absolute Gasteiger partial charge is 0.342 e. The third-order valence-electron chi connectivity index (χ3n) is 7.68. The first kappa shape index (κ1) is 28.1. The third kappa shape index (κ3) is 5.59. The molecule has 0 radical (unpaired) electrons. The summed E-state index contributed by atoms with van der Waals surface area (Å²) in [5.41, 5.74) is 0.889. The monoisotopic (exact) mass is 587 g/mol. The molecule has 1 aromatic heterocycles. The van der Waals surface area contributed by atoms with Gasteiger partial charge in [0.1, 0.15) is 41.7 Å². The van der Waals surface area contributed by atoms with Crippen LogP contribution in [0.5, 0.6) is 0 Å². The summed E-state index contributed by atoms with van der Waals surface area (Å²) in [6.45, 7) is 3.26. The number of hydrogen-bond acceptors (Lipinski definition) is 7. The molecule has 0 unspecified atom stereocenters. The fourth-order valence-corrected chi connectivity index (χ4v) is 5.44. The number of anilines is 1. The summed E-state index contributed by atoms with van der Waals surface area (Å²) in [5, 5.41) is 9.50. The van der Waals surface area contributed by atoms with Gasteiger partial charge in [-0.2, -0.15) is 0 Å². The van der Waals surface area contributed by atoms with Gasteiger partial charge in [-0.15, -0.1) is 0 Å². The Morgan fingerprint density at radius 2 is 1.67 bits per heavy atom. The molecule has 220 valence electrons. The molecule has 2 aliphatic rings. The zero-order chi connectivity index (χ0) is 30.1. The van der Waals surface area contributed by atoms with Gasteiger partial charge in [-0.1, -0.05) is 30.3 Å². The van der Waals surface area contributed by atoms with E-state index in [1.54, 1.807) is 0 Å². The summed E-state index contributed by atoms with van der Waals surface area (Å²) < 4.78 is 41.6. The van der Waals surface area contributed by atoms with Gasteiger partial charge in [-0.05, 0) is 42.0 Å². The highest BCUT2D eigenvalue weighted by Crippen LogP contribution is 2.29. The maximum absolute atomic E-state index is 15.4. The molecule has 1 fully saturated rings. The molecule has 3 aromatic carbocycles. The largest absolute Gasteiger partial charge is 0.492 e. The normalized spacial score (nSPS) is 15.7. The molecule has 4 aromatic rings. The number of carboxylic acids is 1. The molecule has 0 atom stereocenters. The van der Waals surface area contributed by atoms with Crippen LogP contribution in [0.15, 0.2) is 83.5 Å². The Hall–Kier alpha value is -5.03. The number of benzene rings is 3. The van der Waals surface area contributed by atoms with Crippen molar-refractivity contribution in [1.82, 2.24) is 9.47 Å². The molecule has 0 aliphatic carbocycles. The number of aromatic carboxylic acids is 1. The van der Waals surface area contributed by atoms with Gasteiger partial charge in [0.05, 0.1) is 11.2 Å². The number of carboxylic acid groups (broad SMARTS) is 1. The van der Waals surface area contributed by atoms with Crippen LogP contribution >= 0.6 is 0 Å². The number of carbonyl (C=O) groups excluding carboxylic acids is 1. The number of pyridine rings is 1. The fourth-order valence-electron chi connectivity index (χ4n) is 5.44. The van der Waals surface area contributed by atoms with Gasteiger partial charge < -0.3 is 24.0 Å². The van der Waals surface area contributed by atoms with Gasteiger partial charge in [0.25, 0.3) is 0 Å². The van der Waals surface area contributed by atoms with Crippen LogP contribution in [0.2, 0.25) is 0 Å². The molecular weight excluding hydrogens is 560 g/mol. The van der Waals surface area contributed by atoms with E-state index in [0.29, 0.717) is 61.9 Å². The number of ether oxygens (including phenoxy) is 2. The topological polar surface area (TPSA) is 101 Å². The minimum absolute atomic E-state index is 0.0835. The van der Waals surface area contributed by atoms with E-state index in [4.69, 9.17) is 9.47 Å². The molecule has 0 spiro atoms. The van der Waals surface area contributed by atoms with E-state index in [2.05, 4.69) is 4.90 Å². The van der Waals surface area contributed by atoms with Crippen molar-refractivity contribution in [3.63, 3.8) is 0 Å². The van der Waals surface area contributed by atoms with E-state index in [0.717, 1.165) is 11.6 Å². The van der Waals surface area contributed by atoms with Crippen LogP contribution < -0.4 is 10.3 Å². The van der Waals surface area contributed by atoms with E-state index < -0.39 is 34.6 Å². The van der Waals surface area contributed by atoms with Crippen LogP contribution in [0.3, 0.4) is 0 Å². The van der Waals surface area contributed by atoms with Crippen LogP contribution in [0.4, 0.5) is 14.5 Å². The van der Waals surface area contributed by atoms with Crippen LogP contribution in [0.1, 0.15) is 15.9 Å². The molecular formula is C32H27F2N3O6. The number of esters is 1. The highest BCUT2D eigenvalue weighted by Gasteiger charge is 2.28. The molecule has 0 saturated carbocycles. The second-order valence-corrected chi connectivity index (χ2v) is 10.3. The lowest BCUT2D eigenvalue weighted by Gasteiger charge is -2.36. The Balaban J connectivity index is 1.18. The van der Waals surface area contributed by atoms with E-state index in [1.165, 1.54) is 41.1 Å². The lowest BCUT2D eigenvalue weighted by molar-refractivity contribution is -0.134. The first-order valence-corrected chi connectivity index (χ1v) is 13.7. The maximum atomic E-state index is 15.4. The summed E-state index contributed by atoms with van der Waals surface area (Å²) in [4.78, 5) is 41.0. The maximum Gasteiger partial charge on any atom is 0.342 e. The quantitative estimate of drug-likeness (QED) is 0.308. The predicted octanol–water partition coefficient (Wildman–Crippen LogP) is 4.07. The molecule has 43 heavy (non-hydrogen) atoms. The summed E-state index contributed by atoms with van der Waals surface area (Å²) in [5.74, 6) is -2.45. The Morgan fingerprint density at radius 1 is 0.953 bits per heavy atom. The van der Waals surface area contributed by atoms with E-state index >= 15 is 4.39 Å². The average Bonchev–Trinajstić information content (AvgIpc) is 3.38. The lowest BCUT2D eigenvalue weighted by atomic mass is 10.1. The zero-order valence-electron chi connectivity index (χ0n) is 23.0. The Morgan fingerprint density at radius 3 is 2.37 bits per heavy atom. The Bertz CT molecular complexity index is 1800. The van der Waals surface area contributed by atoms with Crippen molar-refractivity contribution in [3.05, 3.63) is 112 Å². The molecule has 2 aliphatic heterocycles. The Labute approximate surface area is 244 Å². The molecule has 6 rings (SSSR count). The fraction of sp³-hybridized carbons (Fsp3) is 0.219. The molecule has 0 amide bonds. The number of nitrogens with zero attached hydrogens (tertiary/aromatic N) is 3. The minimum Gasteiger partial charge on any atom is -0.492 e. The first-order valence-electron chi connectivity index (χ1n) is 13.7. The van der Waals surface area contributed by atoms with Gasteiger partial charge >= 0.3 is 11.9 Å². The minimum atomic E-state index is -1.44. The summed E-state index contributed by atoms with van der Waals surface area (Å²) in [6, 6.07) is 17.2. The number of halogens is 2. The molecule has 9 nitrogen and oxygen atoms in total. The second-order valence-electron chi connectivity index (χ2n) is 10.3. The van der Waals surface area contributed by atoms with E-state index in [1.807, 2.05) is 35.2 Å². The van der Waals surface area contributed by atoms with Gasteiger partial charge in [-0.3, -0.25) is 9.69 Å². The highest BCUT2D eigenvalue weighted by atomic mass is 19.1. The van der Waals surface area contributed by atoms with Gasteiger partial charge in [0, 0.05) is 50.0 Å². The number of hydrogen-bond donors (Lipinski definition) is 1. The third-order valence-corrected chi connectivity index (χ3v) is 7.68. The van der Waals surface area contributed by atoms with Crippen molar-refractivity contribution >= 4 is 34.1 Å². The van der Waals surface area contributed by atoms with Gasteiger partial charge in [0.2, 0.25) is 5.43 Å². The van der Waals surface area contributed by atoms with Crippen LogP contribution in [0.25, 0.3) is 22.2 Å². The van der Waals surface area contributed by atoms with Crippen molar-refractivity contribution in [2.75, 3.05) is 50.8 Å². The summed E-state index contributed by atoms with van der Waals surface area (Å²) in [6.07, 6.45) is 1.18. The first-order chi connectivity index (χ1) is 20.8. The van der Waals surface area contributed by atoms with Gasteiger partial charge in [0.15, 0.2) is 0 Å². The van der Waals surface area contributed by atoms with Crippen LogP contribution in [0, 0.1) is 11.6 Å². The summed E-state index contributed by atoms with van der Waals surface area (Å²) >= 11 is 0. The number of aromatic nitrogens is 1. The zero-order valence-corrected chi connectivity index (χ0v) is 23.0. The molecule has 0 bridgehead atoms. The van der Waals surface area contributed by atoms with E-state index in [9.17, 15) is 23.9 Å². The number of rotatable bonds is 8.